The molecular weight excluding hydrogens is 430 g/mol. The van der Waals surface area contributed by atoms with Crippen molar-refractivity contribution in [1.29, 1.82) is 0 Å². The van der Waals surface area contributed by atoms with Crippen LogP contribution in [0.4, 0.5) is 5.69 Å². The van der Waals surface area contributed by atoms with Crippen molar-refractivity contribution in [2.45, 2.75) is 69.8 Å². The minimum absolute atomic E-state index is 0.0887. The largest absolute Gasteiger partial charge is 0.478 e. The number of rotatable bonds is 4. The summed E-state index contributed by atoms with van der Waals surface area (Å²) in [5, 5.41) is 2.80. The normalized spacial score (nSPS) is 24.8. The summed E-state index contributed by atoms with van der Waals surface area (Å²) in [4.78, 5) is 27.3. The molecule has 3 aliphatic rings. The van der Waals surface area contributed by atoms with Crippen molar-refractivity contribution in [3.8, 4) is 5.75 Å². The van der Waals surface area contributed by atoms with E-state index in [1.54, 1.807) is 13.0 Å². The number of hydrogen-bond acceptors (Lipinski definition) is 5. The van der Waals surface area contributed by atoms with Crippen LogP contribution in [0.3, 0.4) is 0 Å². The zero-order valence-corrected chi connectivity index (χ0v) is 19.7. The van der Waals surface area contributed by atoms with E-state index < -0.39 is 16.1 Å². The molecule has 32 heavy (non-hydrogen) atoms. The summed E-state index contributed by atoms with van der Waals surface area (Å²) < 4.78 is 34.3. The van der Waals surface area contributed by atoms with Crippen LogP contribution in [0.15, 0.2) is 17.0 Å². The second-order valence-corrected chi connectivity index (χ2v) is 11.0. The van der Waals surface area contributed by atoms with Gasteiger partial charge in [-0.05, 0) is 50.7 Å². The lowest BCUT2D eigenvalue weighted by molar-refractivity contribution is -0.136. The fourth-order valence-electron chi connectivity index (χ4n) is 4.88. The smallest absolute Gasteiger partial charge is 0.265 e. The standard InChI is InChI=1S/C23H33N3O5S/c1-3-19-22(27)24-18-13-16(2)21(14-20(18)31-19)32(29,30)26-12-8-9-17(15-26)23(28)25-10-6-4-5-7-11-25/h13-14,17,19H,3-12,15H2,1-2H3,(H,24,27)/t17-,19-/m1/s1. The summed E-state index contributed by atoms with van der Waals surface area (Å²) in [5.41, 5.74) is 1.03. The summed E-state index contributed by atoms with van der Waals surface area (Å²) in [7, 11) is -3.80. The van der Waals surface area contributed by atoms with Gasteiger partial charge < -0.3 is 15.0 Å². The highest BCUT2D eigenvalue weighted by Crippen LogP contribution is 2.36. The van der Waals surface area contributed by atoms with Crippen LogP contribution < -0.4 is 10.1 Å². The molecule has 3 aliphatic heterocycles. The number of amides is 2. The maximum Gasteiger partial charge on any atom is 0.265 e. The van der Waals surface area contributed by atoms with E-state index in [0.29, 0.717) is 36.4 Å². The van der Waals surface area contributed by atoms with Crippen LogP contribution in [0.1, 0.15) is 57.4 Å². The Hall–Kier alpha value is -2.13. The molecule has 0 spiro atoms. The van der Waals surface area contributed by atoms with Crippen LogP contribution in [0.2, 0.25) is 0 Å². The van der Waals surface area contributed by atoms with Crippen molar-refractivity contribution in [3.05, 3.63) is 17.7 Å². The van der Waals surface area contributed by atoms with Gasteiger partial charge in [-0.3, -0.25) is 9.59 Å². The van der Waals surface area contributed by atoms with Gasteiger partial charge in [0.1, 0.15) is 5.75 Å². The van der Waals surface area contributed by atoms with Gasteiger partial charge in [0.25, 0.3) is 5.91 Å². The Balaban J connectivity index is 1.55. The van der Waals surface area contributed by atoms with Crippen LogP contribution in [0.25, 0.3) is 0 Å². The Bertz CT molecular complexity index is 986. The van der Waals surface area contributed by atoms with Crippen molar-refractivity contribution in [1.82, 2.24) is 9.21 Å². The predicted molar refractivity (Wildman–Crippen MR) is 121 cm³/mol. The number of hydrogen-bond donors (Lipinski definition) is 1. The molecule has 4 rings (SSSR count). The van der Waals surface area contributed by atoms with Crippen molar-refractivity contribution in [3.63, 3.8) is 0 Å². The molecule has 0 unspecified atom stereocenters. The third-order valence-corrected chi connectivity index (χ3v) is 8.74. The third-order valence-electron chi connectivity index (χ3n) is 6.74. The number of fused-ring (bicyclic) bond motifs is 1. The lowest BCUT2D eigenvalue weighted by Gasteiger charge is -2.34. The second kappa shape index (κ2) is 9.39. The molecule has 0 saturated carbocycles. The number of ether oxygens (including phenoxy) is 1. The molecule has 9 heteroatoms. The van der Waals surface area contributed by atoms with Gasteiger partial charge >= 0.3 is 0 Å². The van der Waals surface area contributed by atoms with Crippen LogP contribution in [-0.2, 0) is 19.6 Å². The van der Waals surface area contributed by atoms with E-state index in [2.05, 4.69) is 5.32 Å². The summed E-state index contributed by atoms with van der Waals surface area (Å²) in [6.45, 7) is 5.72. The van der Waals surface area contributed by atoms with Gasteiger partial charge in [0, 0.05) is 32.2 Å². The number of carbonyl (C=O) groups excluding carboxylic acids is 2. The van der Waals surface area contributed by atoms with Crippen LogP contribution >= 0.6 is 0 Å². The molecule has 1 N–H and O–H groups in total. The summed E-state index contributed by atoms with van der Waals surface area (Å²) >= 11 is 0. The van der Waals surface area contributed by atoms with Crippen LogP contribution in [0, 0.1) is 12.8 Å². The highest BCUT2D eigenvalue weighted by Gasteiger charge is 2.37. The number of piperidine rings is 1. The molecule has 8 nitrogen and oxygen atoms in total. The fraction of sp³-hybridized carbons (Fsp3) is 0.652. The number of nitrogens with zero attached hydrogens (tertiary/aromatic N) is 2. The van der Waals surface area contributed by atoms with E-state index in [9.17, 15) is 18.0 Å². The lowest BCUT2D eigenvalue weighted by Crippen LogP contribution is -2.47. The van der Waals surface area contributed by atoms with Gasteiger partial charge in [0.05, 0.1) is 16.5 Å². The van der Waals surface area contributed by atoms with Gasteiger partial charge in [-0.2, -0.15) is 4.31 Å². The zero-order chi connectivity index (χ0) is 22.9. The molecular formula is C23H33N3O5S. The molecule has 0 bridgehead atoms. The SMILES string of the molecule is CC[C@H]1Oc2cc(S(=O)(=O)N3CCC[C@@H](C(=O)N4CCCCCC4)C3)c(C)cc2NC1=O. The number of aryl methyl sites for hydroxylation is 1. The highest BCUT2D eigenvalue weighted by molar-refractivity contribution is 7.89. The number of benzene rings is 1. The second-order valence-electron chi connectivity index (χ2n) is 9.06. The summed E-state index contributed by atoms with van der Waals surface area (Å²) in [6, 6.07) is 3.16. The lowest BCUT2D eigenvalue weighted by atomic mass is 9.98. The number of nitrogens with one attached hydrogen (secondary N) is 1. The van der Waals surface area contributed by atoms with Gasteiger partial charge in [0.2, 0.25) is 15.9 Å². The number of likely N-dealkylation sites (tertiary alicyclic amines) is 1. The van der Waals surface area contributed by atoms with Crippen molar-refractivity contribution >= 4 is 27.5 Å². The first-order chi connectivity index (χ1) is 15.3. The maximum absolute atomic E-state index is 13.6. The van der Waals surface area contributed by atoms with E-state index >= 15 is 0 Å². The Morgan fingerprint density at radius 2 is 1.84 bits per heavy atom. The first kappa shape index (κ1) is 23.0. The van der Waals surface area contributed by atoms with E-state index in [4.69, 9.17) is 4.74 Å². The molecule has 176 valence electrons. The molecule has 1 aromatic rings. The third kappa shape index (κ3) is 4.50. The van der Waals surface area contributed by atoms with E-state index in [1.165, 1.54) is 10.4 Å². The van der Waals surface area contributed by atoms with Crippen LogP contribution in [-0.4, -0.2) is 61.7 Å². The number of carbonyl (C=O) groups is 2. The van der Waals surface area contributed by atoms with Gasteiger partial charge in [0.15, 0.2) is 6.10 Å². The molecule has 0 aromatic heterocycles. The molecule has 2 atom stereocenters. The predicted octanol–water partition coefficient (Wildman–Crippen LogP) is 2.91. The maximum atomic E-state index is 13.6. The van der Waals surface area contributed by atoms with Gasteiger partial charge in [-0.15, -0.1) is 0 Å². The van der Waals surface area contributed by atoms with Crippen molar-refractivity contribution in [2.24, 2.45) is 5.92 Å². The number of anilines is 1. The average Bonchev–Trinajstić information content (AvgIpc) is 3.07. The Kier molecular flexibility index (Phi) is 6.76. The minimum atomic E-state index is -3.80. The van der Waals surface area contributed by atoms with E-state index in [0.717, 1.165) is 45.2 Å². The Morgan fingerprint density at radius 1 is 1.12 bits per heavy atom. The molecule has 2 saturated heterocycles. The number of sulfonamides is 1. The monoisotopic (exact) mass is 463 g/mol. The molecule has 2 fully saturated rings. The summed E-state index contributed by atoms with van der Waals surface area (Å²) in [6.07, 6.45) is 5.57. The Labute approximate surface area is 190 Å². The molecule has 0 aliphatic carbocycles. The molecule has 2 amide bonds. The van der Waals surface area contributed by atoms with Gasteiger partial charge in [-0.1, -0.05) is 19.8 Å². The van der Waals surface area contributed by atoms with E-state index in [1.807, 2.05) is 11.8 Å². The minimum Gasteiger partial charge on any atom is -0.478 e. The Morgan fingerprint density at radius 3 is 2.53 bits per heavy atom. The molecule has 3 heterocycles. The quantitative estimate of drug-likeness (QED) is 0.741. The molecule has 1 aromatic carbocycles. The fourth-order valence-corrected chi connectivity index (χ4v) is 6.63. The average molecular weight is 464 g/mol. The summed E-state index contributed by atoms with van der Waals surface area (Å²) in [5.74, 6) is -0.0592. The molecule has 0 radical (unpaired) electrons. The van der Waals surface area contributed by atoms with Gasteiger partial charge in [-0.25, -0.2) is 8.42 Å². The van der Waals surface area contributed by atoms with Crippen molar-refractivity contribution in [2.75, 3.05) is 31.5 Å². The topological polar surface area (TPSA) is 96.0 Å². The highest BCUT2D eigenvalue weighted by atomic mass is 32.2. The first-order valence-electron chi connectivity index (χ1n) is 11.7. The first-order valence-corrected chi connectivity index (χ1v) is 13.2. The van der Waals surface area contributed by atoms with Crippen molar-refractivity contribution < 1.29 is 22.7 Å². The van der Waals surface area contributed by atoms with E-state index in [-0.39, 0.29) is 29.2 Å². The zero-order valence-electron chi connectivity index (χ0n) is 18.9. The van der Waals surface area contributed by atoms with Crippen LogP contribution in [0.5, 0.6) is 5.75 Å².